The first-order chi connectivity index (χ1) is 14.9. The van der Waals surface area contributed by atoms with Gasteiger partial charge in [-0.15, -0.1) is 0 Å². The summed E-state index contributed by atoms with van der Waals surface area (Å²) in [6.07, 6.45) is -0.164. The third-order valence-corrected chi connectivity index (χ3v) is 4.47. The number of rotatable bonds is 15. The lowest BCUT2D eigenvalue weighted by molar-refractivity contribution is -0.142. The van der Waals surface area contributed by atoms with Crippen LogP contribution in [0.3, 0.4) is 0 Å². The molecular formula is C17H32N8O6S. The van der Waals surface area contributed by atoms with E-state index in [1.54, 1.807) is 0 Å². The number of amides is 4. The zero-order chi connectivity index (χ0) is 24.8. The van der Waals surface area contributed by atoms with E-state index in [0.717, 1.165) is 0 Å². The summed E-state index contributed by atoms with van der Waals surface area (Å²) in [6, 6.07) is -4.53. The highest BCUT2D eigenvalue weighted by molar-refractivity contribution is 7.80. The van der Waals surface area contributed by atoms with Gasteiger partial charge in [-0.05, 0) is 26.2 Å². The Balaban J connectivity index is 5.36. The number of nitrogens with two attached hydrogens (primary N) is 4. The van der Waals surface area contributed by atoms with E-state index in [1.807, 2.05) is 0 Å². The van der Waals surface area contributed by atoms with Gasteiger partial charge in [0.05, 0.1) is 6.04 Å². The molecule has 0 aliphatic heterocycles. The van der Waals surface area contributed by atoms with Gasteiger partial charge >= 0.3 is 5.97 Å². The van der Waals surface area contributed by atoms with Crippen molar-refractivity contribution in [1.82, 2.24) is 16.0 Å². The molecule has 0 bridgehead atoms. The second kappa shape index (κ2) is 14.9. The second-order valence-electron chi connectivity index (χ2n) is 6.95. The molecule has 0 heterocycles. The van der Waals surface area contributed by atoms with Crippen molar-refractivity contribution in [2.45, 2.75) is 56.8 Å². The molecule has 0 saturated heterocycles. The van der Waals surface area contributed by atoms with E-state index in [2.05, 4.69) is 33.6 Å². The lowest BCUT2D eigenvalue weighted by atomic mass is 10.1. The fourth-order valence-electron chi connectivity index (χ4n) is 2.36. The fraction of sp³-hybridized carbons (Fsp3) is 0.647. The van der Waals surface area contributed by atoms with E-state index in [0.29, 0.717) is 0 Å². The normalized spacial score (nSPS) is 14.2. The number of carboxylic acid groups (broad SMARTS) is 1. The Morgan fingerprint density at radius 1 is 0.906 bits per heavy atom. The number of nitrogens with zero attached hydrogens (tertiary/aromatic N) is 1. The fourth-order valence-corrected chi connectivity index (χ4v) is 2.62. The molecule has 0 aromatic carbocycles. The molecule has 14 nitrogen and oxygen atoms in total. The lowest BCUT2D eigenvalue weighted by Crippen LogP contribution is -2.57. The maximum atomic E-state index is 12.7. The largest absolute Gasteiger partial charge is 0.480 e. The van der Waals surface area contributed by atoms with Gasteiger partial charge in [0.25, 0.3) is 0 Å². The third kappa shape index (κ3) is 11.9. The molecule has 4 unspecified atom stereocenters. The Bertz CT molecular complexity index is 713. The summed E-state index contributed by atoms with van der Waals surface area (Å²) in [5, 5.41) is 16.4. The minimum atomic E-state index is -1.40. The molecule has 0 aliphatic carbocycles. The van der Waals surface area contributed by atoms with Gasteiger partial charge in [0.1, 0.15) is 18.1 Å². The Morgan fingerprint density at radius 2 is 1.44 bits per heavy atom. The van der Waals surface area contributed by atoms with Crippen molar-refractivity contribution < 1.29 is 29.1 Å². The number of thiol groups is 1. The van der Waals surface area contributed by atoms with Crippen molar-refractivity contribution in [3.05, 3.63) is 0 Å². The molecule has 4 amide bonds. The maximum absolute atomic E-state index is 12.7. The Labute approximate surface area is 190 Å². The zero-order valence-electron chi connectivity index (χ0n) is 17.7. The predicted molar refractivity (Wildman–Crippen MR) is 119 cm³/mol. The van der Waals surface area contributed by atoms with Crippen LogP contribution >= 0.6 is 12.6 Å². The van der Waals surface area contributed by atoms with Crippen LogP contribution in [0, 0.1) is 0 Å². The van der Waals surface area contributed by atoms with Gasteiger partial charge in [0.15, 0.2) is 5.96 Å². The van der Waals surface area contributed by atoms with Crippen molar-refractivity contribution in [1.29, 1.82) is 0 Å². The number of nitrogens with one attached hydrogen (secondary N) is 3. The van der Waals surface area contributed by atoms with Gasteiger partial charge in [-0.3, -0.25) is 24.2 Å². The summed E-state index contributed by atoms with van der Waals surface area (Å²) >= 11 is 4.03. The van der Waals surface area contributed by atoms with Crippen LogP contribution in [0.1, 0.15) is 32.6 Å². The average Bonchev–Trinajstić information content (AvgIpc) is 2.70. The highest BCUT2D eigenvalue weighted by Crippen LogP contribution is 2.04. The number of carbonyl (C=O) groups is 5. The summed E-state index contributed by atoms with van der Waals surface area (Å²) in [4.78, 5) is 63.2. The van der Waals surface area contributed by atoms with Gasteiger partial charge in [-0.2, -0.15) is 12.6 Å². The van der Waals surface area contributed by atoms with E-state index in [-0.39, 0.29) is 43.9 Å². The van der Waals surface area contributed by atoms with Crippen LogP contribution < -0.4 is 38.9 Å². The number of carbonyl (C=O) groups excluding carboxylic acids is 4. The molecule has 0 fully saturated rings. The Morgan fingerprint density at radius 3 is 1.91 bits per heavy atom. The molecule has 12 N–H and O–H groups in total. The zero-order valence-corrected chi connectivity index (χ0v) is 18.6. The topological polar surface area (TPSA) is 258 Å². The van der Waals surface area contributed by atoms with E-state index in [9.17, 15) is 29.1 Å². The highest BCUT2D eigenvalue weighted by Gasteiger charge is 2.29. The molecule has 0 rings (SSSR count). The van der Waals surface area contributed by atoms with Gasteiger partial charge in [0.2, 0.25) is 23.6 Å². The minimum Gasteiger partial charge on any atom is -0.480 e. The molecule has 0 saturated carbocycles. The quantitative estimate of drug-likeness (QED) is 0.0483. The van der Waals surface area contributed by atoms with Crippen LogP contribution in [-0.4, -0.2) is 77.1 Å². The van der Waals surface area contributed by atoms with Crippen LogP contribution in [-0.2, 0) is 24.0 Å². The van der Waals surface area contributed by atoms with Crippen LogP contribution in [0.2, 0.25) is 0 Å². The van der Waals surface area contributed by atoms with Crippen molar-refractivity contribution in [3.63, 3.8) is 0 Å². The number of guanidine groups is 1. The first-order valence-electron chi connectivity index (χ1n) is 9.73. The number of carboxylic acids is 1. The molecule has 32 heavy (non-hydrogen) atoms. The molecule has 0 radical (unpaired) electrons. The number of hydrogen-bond donors (Lipinski definition) is 9. The molecule has 0 aliphatic rings. The molecule has 0 aromatic rings. The number of hydrogen-bond acceptors (Lipinski definition) is 8. The molecule has 15 heteroatoms. The van der Waals surface area contributed by atoms with Crippen molar-refractivity contribution >= 4 is 48.2 Å². The van der Waals surface area contributed by atoms with E-state index < -0.39 is 53.8 Å². The average molecular weight is 477 g/mol. The minimum absolute atomic E-state index is 0.0526. The Hall–Kier alpha value is -3.07. The van der Waals surface area contributed by atoms with Gasteiger partial charge in [0, 0.05) is 18.7 Å². The summed E-state index contributed by atoms with van der Waals surface area (Å²) in [7, 11) is 0. The summed E-state index contributed by atoms with van der Waals surface area (Å²) in [5.74, 6) is -4.46. The molecule has 0 spiro atoms. The molecule has 0 aromatic heterocycles. The molecule has 182 valence electrons. The number of primary amides is 1. The first kappa shape index (κ1) is 28.9. The number of aliphatic carboxylic acids is 1. The predicted octanol–water partition coefficient (Wildman–Crippen LogP) is -3.88. The first-order valence-corrected chi connectivity index (χ1v) is 10.4. The Kier molecular flexibility index (Phi) is 13.4. The summed E-state index contributed by atoms with van der Waals surface area (Å²) < 4.78 is 0. The molecular weight excluding hydrogens is 444 g/mol. The number of aliphatic imine (C=N–C) groups is 1. The van der Waals surface area contributed by atoms with Crippen LogP contribution in [0.5, 0.6) is 0 Å². The van der Waals surface area contributed by atoms with Crippen molar-refractivity contribution in [3.8, 4) is 0 Å². The summed E-state index contributed by atoms with van der Waals surface area (Å²) in [6.45, 7) is 1.59. The standard InChI is InChI=1S/C17H32N8O6S/c1-8(18)13(27)25-11(7-32)15(29)23-9(3-2-6-22-17(20)21)14(28)24-10(16(30)31)4-5-12(19)26/h8-11,32H,2-7,18H2,1H3,(H2,19,26)(H,23,29)(H,24,28)(H,25,27)(H,30,31)(H4,20,21,22). The second-order valence-corrected chi connectivity index (χ2v) is 7.31. The smallest absolute Gasteiger partial charge is 0.326 e. The monoisotopic (exact) mass is 476 g/mol. The van der Waals surface area contributed by atoms with Crippen LogP contribution in [0.15, 0.2) is 4.99 Å². The van der Waals surface area contributed by atoms with E-state index >= 15 is 0 Å². The van der Waals surface area contributed by atoms with Gasteiger partial charge in [-0.25, -0.2) is 4.79 Å². The third-order valence-electron chi connectivity index (χ3n) is 4.10. The summed E-state index contributed by atoms with van der Waals surface area (Å²) in [5.41, 5.74) is 21.0. The highest BCUT2D eigenvalue weighted by atomic mass is 32.1. The van der Waals surface area contributed by atoms with Crippen molar-refractivity contribution in [2.75, 3.05) is 12.3 Å². The van der Waals surface area contributed by atoms with Gasteiger partial charge < -0.3 is 44.0 Å². The SMILES string of the molecule is CC(N)C(=O)NC(CS)C(=O)NC(CCCN=C(N)N)C(=O)NC(CCC(N)=O)C(=O)O. The van der Waals surface area contributed by atoms with E-state index in [1.165, 1.54) is 6.92 Å². The van der Waals surface area contributed by atoms with Crippen LogP contribution in [0.4, 0.5) is 0 Å². The van der Waals surface area contributed by atoms with Crippen LogP contribution in [0.25, 0.3) is 0 Å². The lowest BCUT2D eigenvalue weighted by Gasteiger charge is -2.24. The van der Waals surface area contributed by atoms with E-state index in [4.69, 9.17) is 22.9 Å². The maximum Gasteiger partial charge on any atom is 0.326 e. The van der Waals surface area contributed by atoms with Crippen molar-refractivity contribution in [2.24, 2.45) is 27.9 Å². The van der Waals surface area contributed by atoms with Gasteiger partial charge in [-0.1, -0.05) is 0 Å². The molecule has 4 atom stereocenters.